The topological polar surface area (TPSA) is 77.5 Å². The standard InChI is InChI=1S/C16H20N2O4S2/c1-11-18-14(10-23-11)12-5-6-15(21-2)16(8-12)24(19,20)17-9-13-4-3-7-22-13/h5-6,8,10,13,17H,3-4,7,9H2,1-2H3/t13-/m1/s1. The van der Waals surface area contributed by atoms with E-state index in [2.05, 4.69) is 9.71 Å². The highest BCUT2D eigenvalue weighted by Gasteiger charge is 2.24. The molecule has 2 aromatic rings. The van der Waals surface area contributed by atoms with Gasteiger partial charge in [-0.2, -0.15) is 0 Å². The van der Waals surface area contributed by atoms with Crippen molar-refractivity contribution < 1.29 is 17.9 Å². The third-order valence-corrected chi connectivity index (χ3v) is 6.11. The Bertz CT molecular complexity index is 811. The van der Waals surface area contributed by atoms with Gasteiger partial charge >= 0.3 is 0 Å². The van der Waals surface area contributed by atoms with Gasteiger partial charge < -0.3 is 9.47 Å². The second kappa shape index (κ2) is 7.18. The summed E-state index contributed by atoms with van der Waals surface area (Å²) >= 11 is 1.53. The molecule has 0 radical (unpaired) electrons. The fourth-order valence-corrected chi connectivity index (χ4v) is 4.51. The molecule has 24 heavy (non-hydrogen) atoms. The Morgan fingerprint density at radius 1 is 1.46 bits per heavy atom. The number of aromatic nitrogens is 1. The van der Waals surface area contributed by atoms with Crippen LogP contribution in [0, 0.1) is 6.92 Å². The lowest BCUT2D eigenvalue weighted by molar-refractivity contribution is 0.114. The lowest BCUT2D eigenvalue weighted by atomic mass is 10.2. The summed E-state index contributed by atoms with van der Waals surface area (Å²) in [6.07, 6.45) is 1.78. The van der Waals surface area contributed by atoms with Gasteiger partial charge in [-0.3, -0.25) is 0 Å². The molecule has 130 valence electrons. The van der Waals surface area contributed by atoms with Crippen molar-refractivity contribution >= 4 is 21.4 Å². The molecule has 1 atom stereocenters. The van der Waals surface area contributed by atoms with Gasteiger partial charge in [0.15, 0.2) is 0 Å². The van der Waals surface area contributed by atoms with E-state index in [-0.39, 0.29) is 17.5 Å². The minimum Gasteiger partial charge on any atom is -0.495 e. The van der Waals surface area contributed by atoms with Crippen LogP contribution in [-0.2, 0) is 14.8 Å². The lowest BCUT2D eigenvalue weighted by Gasteiger charge is -2.14. The second-order valence-corrected chi connectivity index (χ2v) is 8.40. The molecule has 1 aromatic carbocycles. The average Bonchev–Trinajstić information content (AvgIpc) is 3.24. The van der Waals surface area contributed by atoms with Gasteiger partial charge in [0.2, 0.25) is 10.0 Å². The number of aryl methyl sites for hydroxylation is 1. The summed E-state index contributed by atoms with van der Waals surface area (Å²) in [6.45, 7) is 2.87. The zero-order valence-electron chi connectivity index (χ0n) is 13.6. The Balaban J connectivity index is 1.89. The first kappa shape index (κ1) is 17.3. The highest BCUT2D eigenvalue weighted by Crippen LogP contribution is 2.30. The Morgan fingerprint density at radius 2 is 2.29 bits per heavy atom. The molecule has 6 nitrogen and oxygen atoms in total. The fourth-order valence-electron chi connectivity index (χ4n) is 2.63. The Hall–Kier alpha value is -1.48. The number of thiazole rings is 1. The van der Waals surface area contributed by atoms with E-state index in [4.69, 9.17) is 9.47 Å². The van der Waals surface area contributed by atoms with E-state index < -0.39 is 10.0 Å². The zero-order chi connectivity index (χ0) is 17.2. The first-order valence-electron chi connectivity index (χ1n) is 7.71. The predicted octanol–water partition coefficient (Wildman–Crippen LogP) is 2.58. The molecular formula is C16H20N2O4S2. The number of nitrogens with one attached hydrogen (secondary N) is 1. The maximum atomic E-state index is 12.7. The Kier molecular flexibility index (Phi) is 5.19. The van der Waals surface area contributed by atoms with Crippen LogP contribution in [0.4, 0.5) is 0 Å². The van der Waals surface area contributed by atoms with E-state index in [0.29, 0.717) is 12.4 Å². The van der Waals surface area contributed by atoms with Gasteiger partial charge in [0.1, 0.15) is 10.6 Å². The molecular weight excluding hydrogens is 348 g/mol. The van der Waals surface area contributed by atoms with Crippen molar-refractivity contribution in [2.75, 3.05) is 20.3 Å². The second-order valence-electron chi connectivity index (χ2n) is 5.60. The molecule has 1 aliphatic rings. The largest absolute Gasteiger partial charge is 0.495 e. The van der Waals surface area contributed by atoms with E-state index >= 15 is 0 Å². The van der Waals surface area contributed by atoms with Crippen LogP contribution < -0.4 is 9.46 Å². The first-order valence-corrected chi connectivity index (χ1v) is 10.1. The summed E-state index contributed by atoms with van der Waals surface area (Å²) in [5.41, 5.74) is 1.51. The van der Waals surface area contributed by atoms with Crippen molar-refractivity contribution in [3.8, 4) is 17.0 Å². The molecule has 0 spiro atoms. The molecule has 1 saturated heterocycles. The van der Waals surface area contributed by atoms with E-state index in [0.717, 1.165) is 29.1 Å². The van der Waals surface area contributed by atoms with E-state index in [1.165, 1.54) is 18.4 Å². The molecule has 0 amide bonds. The van der Waals surface area contributed by atoms with Crippen molar-refractivity contribution in [2.24, 2.45) is 0 Å². The van der Waals surface area contributed by atoms with Crippen LogP contribution in [0.2, 0.25) is 0 Å². The van der Waals surface area contributed by atoms with Crippen molar-refractivity contribution in [3.05, 3.63) is 28.6 Å². The molecule has 3 rings (SSSR count). The van der Waals surface area contributed by atoms with Crippen LogP contribution in [0.3, 0.4) is 0 Å². The van der Waals surface area contributed by atoms with Crippen LogP contribution in [0.1, 0.15) is 17.8 Å². The van der Waals surface area contributed by atoms with Gasteiger partial charge in [0.05, 0.1) is 23.9 Å². The third kappa shape index (κ3) is 3.77. The summed E-state index contributed by atoms with van der Waals surface area (Å²) in [5, 5.41) is 2.84. The fraction of sp³-hybridized carbons (Fsp3) is 0.438. The minimum absolute atomic E-state index is 0.0601. The maximum absolute atomic E-state index is 12.7. The molecule has 1 N–H and O–H groups in total. The summed E-state index contributed by atoms with van der Waals surface area (Å²) in [4.78, 5) is 4.53. The molecule has 1 aromatic heterocycles. The third-order valence-electron chi connectivity index (χ3n) is 3.89. The highest BCUT2D eigenvalue weighted by atomic mass is 32.2. The number of ether oxygens (including phenoxy) is 2. The van der Waals surface area contributed by atoms with Crippen LogP contribution in [-0.4, -0.2) is 39.8 Å². The minimum atomic E-state index is -3.69. The predicted molar refractivity (Wildman–Crippen MR) is 93.0 cm³/mol. The number of benzene rings is 1. The molecule has 0 bridgehead atoms. The molecule has 1 fully saturated rings. The lowest BCUT2D eigenvalue weighted by Crippen LogP contribution is -2.32. The summed E-state index contributed by atoms with van der Waals surface area (Å²) in [7, 11) is -2.23. The molecule has 1 aliphatic heterocycles. The number of sulfonamides is 1. The molecule has 0 unspecified atom stereocenters. The van der Waals surface area contributed by atoms with Crippen molar-refractivity contribution in [1.29, 1.82) is 0 Å². The quantitative estimate of drug-likeness (QED) is 0.848. The van der Waals surface area contributed by atoms with Crippen molar-refractivity contribution in [3.63, 3.8) is 0 Å². The van der Waals surface area contributed by atoms with Gasteiger partial charge in [-0.05, 0) is 38.0 Å². The number of methoxy groups -OCH3 is 1. The monoisotopic (exact) mass is 368 g/mol. The van der Waals surface area contributed by atoms with Gasteiger partial charge in [-0.1, -0.05) is 0 Å². The summed E-state index contributed by atoms with van der Waals surface area (Å²) < 4.78 is 38.7. The normalized spacial score (nSPS) is 18.0. The molecule has 0 aliphatic carbocycles. The number of hydrogen-bond donors (Lipinski definition) is 1. The number of hydrogen-bond acceptors (Lipinski definition) is 6. The van der Waals surface area contributed by atoms with Gasteiger partial charge in [-0.15, -0.1) is 11.3 Å². The summed E-state index contributed by atoms with van der Waals surface area (Å²) in [6, 6.07) is 5.07. The maximum Gasteiger partial charge on any atom is 0.244 e. The molecule has 8 heteroatoms. The Labute approximate surface area is 145 Å². The zero-order valence-corrected chi connectivity index (χ0v) is 15.2. The van der Waals surface area contributed by atoms with E-state index in [9.17, 15) is 8.42 Å². The van der Waals surface area contributed by atoms with Gasteiger partial charge in [-0.25, -0.2) is 18.1 Å². The van der Waals surface area contributed by atoms with Crippen LogP contribution in [0.25, 0.3) is 11.3 Å². The van der Waals surface area contributed by atoms with Crippen LogP contribution in [0.5, 0.6) is 5.75 Å². The number of rotatable bonds is 6. The van der Waals surface area contributed by atoms with Gasteiger partial charge in [0, 0.05) is 24.1 Å². The number of nitrogens with zero attached hydrogens (tertiary/aromatic N) is 1. The van der Waals surface area contributed by atoms with Crippen LogP contribution in [0.15, 0.2) is 28.5 Å². The highest BCUT2D eigenvalue weighted by molar-refractivity contribution is 7.89. The van der Waals surface area contributed by atoms with Crippen molar-refractivity contribution in [2.45, 2.75) is 30.8 Å². The average molecular weight is 368 g/mol. The van der Waals surface area contributed by atoms with Gasteiger partial charge in [0.25, 0.3) is 0 Å². The first-order chi connectivity index (χ1) is 11.5. The molecule has 0 saturated carbocycles. The van der Waals surface area contributed by atoms with E-state index in [1.54, 1.807) is 12.1 Å². The summed E-state index contributed by atoms with van der Waals surface area (Å²) in [5.74, 6) is 0.311. The Morgan fingerprint density at radius 3 is 2.92 bits per heavy atom. The SMILES string of the molecule is COc1ccc(-c2csc(C)n2)cc1S(=O)(=O)NC[C@H]1CCCO1. The van der Waals surface area contributed by atoms with E-state index in [1.807, 2.05) is 18.4 Å². The molecule has 2 heterocycles. The smallest absolute Gasteiger partial charge is 0.244 e. The van der Waals surface area contributed by atoms with Crippen LogP contribution >= 0.6 is 11.3 Å². The van der Waals surface area contributed by atoms with Crippen molar-refractivity contribution in [1.82, 2.24) is 9.71 Å².